The van der Waals surface area contributed by atoms with Crippen LogP contribution in [0, 0.1) is 5.92 Å². The van der Waals surface area contributed by atoms with Crippen molar-refractivity contribution in [1.82, 2.24) is 5.32 Å². The van der Waals surface area contributed by atoms with Gasteiger partial charge in [-0.25, -0.2) is 0 Å². The molecule has 0 fully saturated rings. The Labute approximate surface area is 101 Å². The van der Waals surface area contributed by atoms with E-state index in [1.807, 2.05) is 20.1 Å². The quantitative estimate of drug-likeness (QED) is 0.575. The lowest BCUT2D eigenvalue weighted by molar-refractivity contribution is -0.129. The zero-order chi connectivity index (χ0) is 12.7. The Morgan fingerprint density at radius 1 is 1.38 bits per heavy atom. The molecule has 0 aliphatic heterocycles. The van der Waals surface area contributed by atoms with Gasteiger partial charge in [0.2, 0.25) is 11.8 Å². The zero-order valence-electron chi connectivity index (χ0n) is 10.0. The van der Waals surface area contributed by atoms with Crippen molar-refractivity contribution >= 4 is 23.6 Å². The first-order chi connectivity index (χ1) is 7.40. The topological polar surface area (TPSA) is 98.2 Å². The molecule has 0 aliphatic rings. The van der Waals surface area contributed by atoms with Gasteiger partial charge >= 0.3 is 0 Å². The maximum Gasteiger partial charge on any atom is 0.240 e. The van der Waals surface area contributed by atoms with Crippen LogP contribution >= 0.6 is 11.8 Å². The summed E-state index contributed by atoms with van der Waals surface area (Å²) in [5, 5.41) is 2.58. The number of thioether (sulfide) groups is 1. The average Bonchev–Trinajstić information content (AvgIpc) is 2.20. The lowest BCUT2D eigenvalue weighted by Gasteiger charge is -2.21. The highest BCUT2D eigenvalue weighted by atomic mass is 32.2. The predicted octanol–water partition coefficient (Wildman–Crippen LogP) is -0.307. The normalized spacial score (nSPS) is 14.6. The first-order valence-electron chi connectivity index (χ1n) is 5.24. The van der Waals surface area contributed by atoms with Crippen LogP contribution in [0.15, 0.2) is 0 Å². The van der Waals surface area contributed by atoms with Crippen molar-refractivity contribution in [1.29, 1.82) is 0 Å². The monoisotopic (exact) mass is 247 g/mol. The number of primary amides is 1. The fraction of sp³-hybridized carbons (Fsp3) is 0.800. The summed E-state index contributed by atoms with van der Waals surface area (Å²) in [7, 11) is 0. The van der Waals surface area contributed by atoms with Crippen LogP contribution in [0.1, 0.15) is 20.3 Å². The highest BCUT2D eigenvalue weighted by Gasteiger charge is 2.24. The molecular weight excluding hydrogens is 226 g/mol. The van der Waals surface area contributed by atoms with Gasteiger partial charge in [0.1, 0.15) is 6.04 Å². The molecule has 6 heteroatoms. The van der Waals surface area contributed by atoms with E-state index in [4.69, 9.17) is 11.5 Å². The molecule has 5 nitrogen and oxygen atoms in total. The molecule has 0 spiro atoms. The molecule has 16 heavy (non-hydrogen) atoms. The van der Waals surface area contributed by atoms with E-state index in [-0.39, 0.29) is 11.8 Å². The Morgan fingerprint density at radius 2 is 1.94 bits per heavy atom. The second kappa shape index (κ2) is 7.51. The molecule has 0 saturated heterocycles. The van der Waals surface area contributed by atoms with Gasteiger partial charge in [-0.05, 0) is 24.3 Å². The van der Waals surface area contributed by atoms with Gasteiger partial charge in [-0.1, -0.05) is 13.8 Å². The minimum Gasteiger partial charge on any atom is -0.368 e. The molecule has 0 heterocycles. The Kier molecular flexibility index (Phi) is 7.16. The van der Waals surface area contributed by atoms with Crippen molar-refractivity contribution in [3.05, 3.63) is 0 Å². The molecule has 2 atom stereocenters. The third kappa shape index (κ3) is 5.37. The summed E-state index contributed by atoms with van der Waals surface area (Å²) >= 11 is 1.63. The first-order valence-corrected chi connectivity index (χ1v) is 6.63. The standard InChI is InChI=1S/C10H21N3O2S/c1-6(2)8(9(12)14)13-10(15)7(11)4-5-16-3/h6-8H,4-5,11H2,1-3H3,(H2,12,14)(H,13,15)/t7-,8?/m0/s1. The van der Waals surface area contributed by atoms with E-state index in [1.54, 1.807) is 11.8 Å². The number of hydrogen-bond donors (Lipinski definition) is 3. The van der Waals surface area contributed by atoms with E-state index in [1.165, 1.54) is 0 Å². The Balaban J connectivity index is 4.24. The molecule has 0 bridgehead atoms. The molecule has 0 aliphatic carbocycles. The van der Waals surface area contributed by atoms with Gasteiger partial charge in [0, 0.05) is 0 Å². The Bertz CT molecular complexity index is 246. The lowest BCUT2D eigenvalue weighted by Crippen LogP contribution is -2.52. The third-order valence-electron chi connectivity index (χ3n) is 2.24. The summed E-state index contributed by atoms with van der Waals surface area (Å²) in [4.78, 5) is 22.7. The van der Waals surface area contributed by atoms with Crippen molar-refractivity contribution in [2.75, 3.05) is 12.0 Å². The van der Waals surface area contributed by atoms with Gasteiger partial charge < -0.3 is 16.8 Å². The number of rotatable bonds is 7. The third-order valence-corrected chi connectivity index (χ3v) is 2.88. The van der Waals surface area contributed by atoms with Crippen LogP contribution in [0.3, 0.4) is 0 Å². The fourth-order valence-corrected chi connectivity index (χ4v) is 1.69. The minimum atomic E-state index is -0.646. The van der Waals surface area contributed by atoms with Gasteiger partial charge in [-0.15, -0.1) is 0 Å². The van der Waals surface area contributed by atoms with Crippen molar-refractivity contribution in [3.8, 4) is 0 Å². The highest BCUT2D eigenvalue weighted by Crippen LogP contribution is 2.03. The van der Waals surface area contributed by atoms with Crippen LogP contribution in [0.25, 0.3) is 0 Å². The van der Waals surface area contributed by atoms with Crippen LogP contribution in [0.4, 0.5) is 0 Å². The largest absolute Gasteiger partial charge is 0.368 e. The molecule has 0 aromatic carbocycles. The maximum atomic E-state index is 11.6. The average molecular weight is 247 g/mol. The van der Waals surface area contributed by atoms with Gasteiger partial charge in [0.25, 0.3) is 0 Å². The van der Waals surface area contributed by atoms with Gasteiger partial charge in [-0.3, -0.25) is 9.59 Å². The van der Waals surface area contributed by atoms with Crippen LogP contribution in [0.5, 0.6) is 0 Å². The minimum absolute atomic E-state index is 0.0331. The van der Waals surface area contributed by atoms with Crippen LogP contribution in [-0.4, -0.2) is 35.9 Å². The summed E-state index contributed by atoms with van der Waals surface area (Å²) in [5.41, 5.74) is 10.9. The maximum absolute atomic E-state index is 11.6. The molecule has 2 amide bonds. The van der Waals surface area contributed by atoms with Crippen LogP contribution in [-0.2, 0) is 9.59 Å². The van der Waals surface area contributed by atoms with Crippen molar-refractivity contribution in [3.63, 3.8) is 0 Å². The predicted molar refractivity (Wildman–Crippen MR) is 66.9 cm³/mol. The molecule has 0 rings (SSSR count). The van der Waals surface area contributed by atoms with Gasteiger partial charge in [0.15, 0.2) is 0 Å². The van der Waals surface area contributed by atoms with E-state index >= 15 is 0 Å². The molecule has 94 valence electrons. The van der Waals surface area contributed by atoms with Gasteiger partial charge in [-0.2, -0.15) is 11.8 Å². The van der Waals surface area contributed by atoms with E-state index in [0.29, 0.717) is 6.42 Å². The summed E-state index contributed by atoms with van der Waals surface area (Å²) in [5.74, 6) is -0.0570. The molecule has 0 saturated carbocycles. The van der Waals surface area contributed by atoms with E-state index in [2.05, 4.69) is 5.32 Å². The SMILES string of the molecule is CSCC[C@H](N)C(=O)NC(C(N)=O)C(C)C. The molecular formula is C10H21N3O2S. The van der Waals surface area contributed by atoms with Crippen LogP contribution < -0.4 is 16.8 Å². The number of hydrogen-bond acceptors (Lipinski definition) is 4. The Hall–Kier alpha value is -0.750. The Morgan fingerprint density at radius 3 is 2.31 bits per heavy atom. The highest BCUT2D eigenvalue weighted by molar-refractivity contribution is 7.98. The summed E-state index contributed by atoms with van der Waals surface area (Å²) < 4.78 is 0. The van der Waals surface area contributed by atoms with E-state index in [9.17, 15) is 9.59 Å². The molecule has 5 N–H and O–H groups in total. The number of amides is 2. The van der Waals surface area contributed by atoms with E-state index < -0.39 is 18.0 Å². The van der Waals surface area contributed by atoms with Crippen molar-refractivity contribution < 1.29 is 9.59 Å². The molecule has 0 aromatic heterocycles. The molecule has 0 radical (unpaired) electrons. The summed E-state index contributed by atoms with van der Waals surface area (Å²) in [6.45, 7) is 3.65. The fourth-order valence-electron chi connectivity index (χ4n) is 1.20. The van der Waals surface area contributed by atoms with Crippen molar-refractivity contribution in [2.24, 2.45) is 17.4 Å². The second-order valence-electron chi connectivity index (χ2n) is 4.02. The smallest absolute Gasteiger partial charge is 0.240 e. The first kappa shape index (κ1) is 15.2. The van der Waals surface area contributed by atoms with Gasteiger partial charge in [0.05, 0.1) is 6.04 Å². The lowest BCUT2D eigenvalue weighted by atomic mass is 10.0. The summed E-state index contributed by atoms with van der Waals surface area (Å²) in [6.07, 6.45) is 2.54. The second-order valence-corrected chi connectivity index (χ2v) is 5.01. The van der Waals surface area contributed by atoms with E-state index in [0.717, 1.165) is 5.75 Å². The number of nitrogens with two attached hydrogens (primary N) is 2. The number of nitrogens with one attached hydrogen (secondary N) is 1. The number of carbonyl (C=O) groups excluding carboxylic acids is 2. The van der Waals surface area contributed by atoms with Crippen molar-refractivity contribution in [2.45, 2.75) is 32.4 Å². The summed E-state index contributed by atoms with van der Waals surface area (Å²) in [6, 6.07) is -1.22. The molecule has 0 aromatic rings. The zero-order valence-corrected chi connectivity index (χ0v) is 10.8. The number of carbonyl (C=O) groups is 2. The molecule has 1 unspecified atom stereocenters. The van der Waals surface area contributed by atoms with Crippen LogP contribution in [0.2, 0.25) is 0 Å².